The monoisotopic (exact) mass is 339 g/mol. The largest absolute Gasteiger partial charge is 0.481 e. The van der Waals surface area contributed by atoms with Gasteiger partial charge in [0.15, 0.2) is 0 Å². The fraction of sp³-hybridized carbons (Fsp3) is 0.211. The van der Waals surface area contributed by atoms with Crippen LogP contribution in [0.1, 0.15) is 15.9 Å². The Labute approximate surface area is 147 Å². The van der Waals surface area contributed by atoms with E-state index in [1.54, 1.807) is 44.6 Å². The van der Waals surface area contributed by atoms with Crippen molar-refractivity contribution in [1.82, 2.24) is 10.3 Å². The molecular weight excluding hydrogens is 318 g/mol. The van der Waals surface area contributed by atoms with Crippen molar-refractivity contribution in [2.75, 3.05) is 25.6 Å². The minimum absolute atomic E-state index is 0.162. The van der Waals surface area contributed by atoms with Crippen LogP contribution in [0, 0.1) is 0 Å². The minimum atomic E-state index is -0.204. The SMILES string of the molecule is C=CC(=O)N(C)c1ccc(C(=O)NCCc2ccnc(OC)c2)cc1. The lowest BCUT2D eigenvalue weighted by molar-refractivity contribution is -0.113. The van der Waals surface area contributed by atoms with E-state index in [2.05, 4.69) is 16.9 Å². The fourth-order valence-electron chi connectivity index (χ4n) is 2.24. The normalized spacial score (nSPS) is 10.0. The number of pyridine rings is 1. The number of rotatable bonds is 7. The lowest BCUT2D eigenvalue weighted by Crippen LogP contribution is -2.26. The van der Waals surface area contributed by atoms with E-state index in [4.69, 9.17) is 4.74 Å². The average molecular weight is 339 g/mol. The molecule has 0 saturated carbocycles. The number of ether oxygens (including phenoxy) is 1. The molecule has 0 spiro atoms. The number of carbonyl (C=O) groups is 2. The molecule has 0 atom stereocenters. The zero-order valence-electron chi connectivity index (χ0n) is 14.4. The minimum Gasteiger partial charge on any atom is -0.481 e. The van der Waals surface area contributed by atoms with Gasteiger partial charge in [-0.25, -0.2) is 4.98 Å². The smallest absolute Gasteiger partial charge is 0.251 e. The van der Waals surface area contributed by atoms with E-state index in [0.717, 1.165) is 5.56 Å². The maximum Gasteiger partial charge on any atom is 0.251 e. The molecule has 1 aromatic heterocycles. The van der Waals surface area contributed by atoms with Crippen molar-refractivity contribution in [2.24, 2.45) is 0 Å². The van der Waals surface area contributed by atoms with Gasteiger partial charge in [-0.1, -0.05) is 6.58 Å². The van der Waals surface area contributed by atoms with Crippen LogP contribution in [0.15, 0.2) is 55.3 Å². The number of amides is 2. The Hall–Kier alpha value is -3.15. The standard InChI is InChI=1S/C19H21N3O3/c1-4-18(23)22(2)16-7-5-15(6-8-16)19(24)21-12-10-14-9-11-20-17(13-14)25-3/h4-9,11,13H,1,10,12H2,2-3H3,(H,21,24). The van der Waals surface area contributed by atoms with Gasteiger partial charge < -0.3 is 15.0 Å². The molecular formula is C19H21N3O3. The van der Waals surface area contributed by atoms with Gasteiger partial charge in [-0.15, -0.1) is 0 Å². The molecule has 2 rings (SSSR count). The van der Waals surface area contributed by atoms with Gasteiger partial charge in [-0.2, -0.15) is 0 Å². The molecule has 2 aromatic rings. The first kappa shape index (κ1) is 18.2. The molecule has 6 heteroatoms. The Bertz CT molecular complexity index is 757. The van der Waals surface area contributed by atoms with Crippen LogP contribution in [-0.4, -0.2) is 37.5 Å². The fourth-order valence-corrected chi connectivity index (χ4v) is 2.24. The number of aromatic nitrogens is 1. The molecule has 0 radical (unpaired) electrons. The summed E-state index contributed by atoms with van der Waals surface area (Å²) in [5, 5.41) is 2.87. The molecule has 25 heavy (non-hydrogen) atoms. The zero-order valence-corrected chi connectivity index (χ0v) is 14.4. The maximum absolute atomic E-state index is 12.2. The predicted molar refractivity (Wildman–Crippen MR) is 96.9 cm³/mol. The van der Waals surface area contributed by atoms with Gasteiger partial charge in [0.25, 0.3) is 5.91 Å². The molecule has 1 N–H and O–H groups in total. The lowest BCUT2D eigenvalue weighted by atomic mass is 10.1. The van der Waals surface area contributed by atoms with Gasteiger partial charge in [-0.05, 0) is 48.4 Å². The number of carbonyl (C=O) groups excluding carboxylic acids is 2. The summed E-state index contributed by atoms with van der Waals surface area (Å²) < 4.78 is 5.07. The van der Waals surface area contributed by atoms with E-state index in [9.17, 15) is 9.59 Å². The Morgan fingerprint density at radius 3 is 2.64 bits per heavy atom. The molecule has 130 valence electrons. The molecule has 0 fully saturated rings. The number of hydrogen-bond donors (Lipinski definition) is 1. The molecule has 0 aliphatic carbocycles. The van der Waals surface area contributed by atoms with E-state index in [1.165, 1.54) is 11.0 Å². The van der Waals surface area contributed by atoms with E-state index in [1.807, 2.05) is 12.1 Å². The maximum atomic E-state index is 12.2. The van der Waals surface area contributed by atoms with E-state index >= 15 is 0 Å². The number of hydrogen-bond acceptors (Lipinski definition) is 4. The third-order valence-electron chi connectivity index (χ3n) is 3.73. The van der Waals surface area contributed by atoms with Crippen LogP contribution in [0.25, 0.3) is 0 Å². The second kappa shape index (κ2) is 8.63. The molecule has 0 aliphatic rings. The summed E-state index contributed by atoms with van der Waals surface area (Å²) in [5.41, 5.74) is 2.27. The van der Waals surface area contributed by atoms with Gasteiger partial charge >= 0.3 is 0 Å². The predicted octanol–water partition coefficient (Wildman–Crippen LogP) is 2.21. The third-order valence-corrected chi connectivity index (χ3v) is 3.73. The molecule has 6 nitrogen and oxygen atoms in total. The number of anilines is 1. The van der Waals surface area contributed by atoms with Crippen LogP contribution in [-0.2, 0) is 11.2 Å². The summed E-state index contributed by atoms with van der Waals surface area (Å²) in [5.74, 6) is 0.188. The van der Waals surface area contributed by atoms with Gasteiger partial charge in [0, 0.05) is 37.1 Å². The van der Waals surface area contributed by atoms with Crippen LogP contribution in [0.2, 0.25) is 0 Å². The van der Waals surface area contributed by atoms with Crippen molar-refractivity contribution in [1.29, 1.82) is 0 Å². The van der Waals surface area contributed by atoms with Crippen molar-refractivity contribution >= 4 is 17.5 Å². The zero-order chi connectivity index (χ0) is 18.2. The second-order valence-corrected chi connectivity index (χ2v) is 5.36. The molecule has 0 saturated heterocycles. The van der Waals surface area contributed by atoms with Crippen molar-refractivity contribution < 1.29 is 14.3 Å². The first-order valence-electron chi connectivity index (χ1n) is 7.82. The van der Waals surface area contributed by atoms with Crippen LogP contribution < -0.4 is 15.0 Å². The highest BCUT2D eigenvalue weighted by molar-refractivity contribution is 6.01. The van der Waals surface area contributed by atoms with Crippen LogP contribution in [0.4, 0.5) is 5.69 Å². The number of benzene rings is 1. The van der Waals surface area contributed by atoms with Crippen molar-refractivity contribution in [2.45, 2.75) is 6.42 Å². The lowest BCUT2D eigenvalue weighted by Gasteiger charge is -2.15. The van der Waals surface area contributed by atoms with Gasteiger partial charge in [0.1, 0.15) is 0 Å². The molecule has 0 unspecified atom stereocenters. The number of likely N-dealkylation sites (N-methyl/N-ethyl adjacent to an activating group) is 1. The van der Waals surface area contributed by atoms with Gasteiger partial charge in [-0.3, -0.25) is 9.59 Å². The highest BCUT2D eigenvalue weighted by Crippen LogP contribution is 2.14. The molecule has 1 heterocycles. The highest BCUT2D eigenvalue weighted by Gasteiger charge is 2.09. The number of methoxy groups -OCH3 is 1. The second-order valence-electron chi connectivity index (χ2n) is 5.36. The summed E-state index contributed by atoms with van der Waals surface area (Å²) >= 11 is 0. The van der Waals surface area contributed by atoms with Crippen LogP contribution in [0.5, 0.6) is 5.88 Å². The van der Waals surface area contributed by atoms with Gasteiger partial charge in [0.2, 0.25) is 11.8 Å². The Morgan fingerprint density at radius 1 is 1.28 bits per heavy atom. The Kier molecular flexibility index (Phi) is 6.28. The average Bonchev–Trinajstić information content (AvgIpc) is 2.67. The Morgan fingerprint density at radius 2 is 2.00 bits per heavy atom. The summed E-state index contributed by atoms with van der Waals surface area (Å²) in [6.45, 7) is 3.96. The highest BCUT2D eigenvalue weighted by atomic mass is 16.5. The van der Waals surface area contributed by atoms with Crippen molar-refractivity contribution in [3.8, 4) is 5.88 Å². The van der Waals surface area contributed by atoms with Crippen LogP contribution >= 0.6 is 0 Å². The number of nitrogens with one attached hydrogen (secondary N) is 1. The number of nitrogens with zero attached hydrogens (tertiary/aromatic N) is 2. The molecule has 2 amide bonds. The molecule has 1 aromatic carbocycles. The van der Waals surface area contributed by atoms with E-state index < -0.39 is 0 Å². The van der Waals surface area contributed by atoms with Crippen LogP contribution in [0.3, 0.4) is 0 Å². The summed E-state index contributed by atoms with van der Waals surface area (Å²) in [7, 11) is 3.22. The summed E-state index contributed by atoms with van der Waals surface area (Å²) in [4.78, 5) is 29.3. The molecule has 0 bridgehead atoms. The summed E-state index contributed by atoms with van der Waals surface area (Å²) in [6.07, 6.45) is 3.60. The van der Waals surface area contributed by atoms with E-state index in [-0.39, 0.29) is 11.8 Å². The first-order valence-corrected chi connectivity index (χ1v) is 7.82. The Balaban J connectivity index is 1.90. The topological polar surface area (TPSA) is 71.5 Å². The molecule has 0 aliphatic heterocycles. The van der Waals surface area contributed by atoms with Crippen molar-refractivity contribution in [3.05, 3.63) is 66.4 Å². The van der Waals surface area contributed by atoms with E-state index in [0.29, 0.717) is 30.1 Å². The summed E-state index contributed by atoms with van der Waals surface area (Å²) in [6, 6.07) is 10.6. The van der Waals surface area contributed by atoms with Crippen molar-refractivity contribution in [3.63, 3.8) is 0 Å². The third kappa shape index (κ3) is 4.91. The first-order chi connectivity index (χ1) is 12.0. The quantitative estimate of drug-likeness (QED) is 0.785. The van der Waals surface area contributed by atoms with Gasteiger partial charge in [0.05, 0.1) is 7.11 Å².